The molecule has 10 heteroatoms. The molecule has 0 radical (unpaired) electrons. The highest BCUT2D eigenvalue weighted by Crippen LogP contribution is 2.36. The van der Waals surface area contributed by atoms with E-state index < -0.39 is 15.9 Å². The molecule has 0 aromatic heterocycles. The summed E-state index contributed by atoms with van der Waals surface area (Å²) in [5.74, 6) is 0.427. The van der Waals surface area contributed by atoms with E-state index in [-0.39, 0.29) is 25.0 Å². The third-order valence-corrected chi connectivity index (χ3v) is 6.56. The van der Waals surface area contributed by atoms with Crippen molar-refractivity contribution < 1.29 is 22.7 Å². The Hall–Kier alpha value is -1.84. The topological polar surface area (TPSA) is 97.3 Å². The van der Waals surface area contributed by atoms with E-state index in [1.54, 1.807) is 19.1 Å². The molecule has 0 aliphatic carbocycles. The van der Waals surface area contributed by atoms with Gasteiger partial charge in [-0.05, 0) is 25.8 Å². The van der Waals surface area contributed by atoms with Crippen LogP contribution in [-0.2, 0) is 14.8 Å². The van der Waals surface area contributed by atoms with Crippen LogP contribution in [0, 0.1) is 5.92 Å². The van der Waals surface area contributed by atoms with E-state index in [4.69, 9.17) is 21.1 Å². The molecule has 2 aliphatic heterocycles. The van der Waals surface area contributed by atoms with Gasteiger partial charge in [0.15, 0.2) is 11.5 Å². The summed E-state index contributed by atoms with van der Waals surface area (Å²) in [6, 6.07) is 3.30. The number of hydrazone groups is 1. The van der Waals surface area contributed by atoms with Crippen LogP contribution in [0.4, 0.5) is 0 Å². The molecule has 0 unspecified atom stereocenters. The van der Waals surface area contributed by atoms with Gasteiger partial charge < -0.3 is 9.47 Å². The second kappa shape index (κ2) is 7.81. The highest BCUT2D eigenvalue weighted by atomic mass is 35.5. The summed E-state index contributed by atoms with van der Waals surface area (Å²) < 4.78 is 35.8. The van der Waals surface area contributed by atoms with Gasteiger partial charge in [0.1, 0.15) is 0 Å². The molecule has 1 atom stereocenters. The van der Waals surface area contributed by atoms with Crippen molar-refractivity contribution in [1.82, 2.24) is 9.73 Å². The lowest BCUT2D eigenvalue weighted by atomic mass is 9.99. The Bertz CT molecular complexity index is 827. The average Bonchev–Trinajstić information content (AvgIpc) is 3.09. The summed E-state index contributed by atoms with van der Waals surface area (Å²) in [7, 11) is -3.29. The monoisotopic (exact) mass is 401 g/mol. The van der Waals surface area contributed by atoms with Gasteiger partial charge in [0.05, 0.1) is 22.9 Å². The second-order valence-corrected chi connectivity index (χ2v) is 8.72. The predicted octanol–water partition coefficient (Wildman–Crippen LogP) is 1.58. The first kappa shape index (κ1) is 18.9. The van der Waals surface area contributed by atoms with E-state index in [0.29, 0.717) is 41.5 Å². The molecule has 8 nitrogen and oxygen atoms in total. The molecule has 2 heterocycles. The minimum absolute atomic E-state index is 0.0299. The SMILES string of the molecule is CCS(=O)(=O)N1CCC[C@H](C(=O)N/N=C\c2cc3c(cc2Cl)OCO3)C1. The number of piperidine rings is 1. The molecule has 1 amide bonds. The van der Waals surface area contributed by atoms with Gasteiger partial charge in [-0.2, -0.15) is 5.10 Å². The van der Waals surface area contributed by atoms with Gasteiger partial charge in [-0.25, -0.2) is 18.1 Å². The molecule has 1 aromatic rings. The number of halogens is 1. The van der Waals surface area contributed by atoms with Crippen molar-refractivity contribution in [3.8, 4) is 11.5 Å². The van der Waals surface area contributed by atoms with Crippen molar-refractivity contribution in [2.45, 2.75) is 19.8 Å². The molecule has 2 aliphatic rings. The van der Waals surface area contributed by atoms with Crippen molar-refractivity contribution in [3.05, 3.63) is 22.7 Å². The molecule has 0 saturated carbocycles. The van der Waals surface area contributed by atoms with Gasteiger partial charge in [0, 0.05) is 24.7 Å². The Labute approximate surface area is 157 Å². The molecule has 3 rings (SSSR count). The zero-order valence-corrected chi connectivity index (χ0v) is 15.8. The molecular weight excluding hydrogens is 382 g/mol. The van der Waals surface area contributed by atoms with Crippen molar-refractivity contribution in [2.75, 3.05) is 25.6 Å². The third kappa shape index (κ3) is 4.11. The number of hydrogen-bond acceptors (Lipinski definition) is 6. The fourth-order valence-corrected chi connectivity index (χ4v) is 4.26. The van der Waals surface area contributed by atoms with Gasteiger partial charge in [-0.15, -0.1) is 0 Å². The van der Waals surface area contributed by atoms with E-state index in [1.165, 1.54) is 10.5 Å². The van der Waals surface area contributed by atoms with Crippen molar-refractivity contribution >= 4 is 33.7 Å². The Kier molecular flexibility index (Phi) is 5.69. The van der Waals surface area contributed by atoms with Crippen LogP contribution in [0.3, 0.4) is 0 Å². The number of sulfonamides is 1. The van der Waals surface area contributed by atoms with Crippen LogP contribution in [0.25, 0.3) is 0 Å². The quantitative estimate of drug-likeness (QED) is 0.596. The van der Waals surface area contributed by atoms with Crippen LogP contribution in [0.2, 0.25) is 5.02 Å². The number of hydrogen-bond donors (Lipinski definition) is 1. The number of carbonyl (C=O) groups excluding carboxylic acids is 1. The zero-order valence-electron chi connectivity index (χ0n) is 14.3. The molecule has 1 saturated heterocycles. The number of ether oxygens (including phenoxy) is 2. The number of amides is 1. The molecule has 142 valence electrons. The summed E-state index contributed by atoms with van der Waals surface area (Å²) in [5.41, 5.74) is 3.04. The minimum Gasteiger partial charge on any atom is -0.454 e. The Morgan fingerprint density at radius 3 is 2.88 bits per heavy atom. The van der Waals surface area contributed by atoms with Gasteiger partial charge in [0.25, 0.3) is 0 Å². The van der Waals surface area contributed by atoms with E-state index in [2.05, 4.69) is 10.5 Å². The molecule has 0 bridgehead atoms. The zero-order chi connectivity index (χ0) is 18.7. The number of rotatable bonds is 5. The molecule has 26 heavy (non-hydrogen) atoms. The average molecular weight is 402 g/mol. The van der Waals surface area contributed by atoms with Crippen molar-refractivity contribution in [2.24, 2.45) is 11.0 Å². The first-order valence-corrected chi connectivity index (χ1v) is 10.3. The highest BCUT2D eigenvalue weighted by Gasteiger charge is 2.31. The van der Waals surface area contributed by atoms with Crippen LogP contribution in [0.5, 0.6) is 11.5 Å². The van der Waals surface area contributed by atoms with Crippen LogP contribution < -0.4 is 14.9 Å². The van der Waals surface area contributed by atoms with Crippen LogP contribution >= 0.6 is 11.6 Å². The number of nitrogens with zero attached hydrogens (tertiary/aromatic N) is 2. The Morgan fingerprint density at radius 1 is 1.42 bits per heavy atom. The first-order valence-electron chi connectivity index (χ1n) is 8.30. The maximum absolute atomic E-state index is 12.3. The lowest BCUT2D eigenvalue weighted by molar-refractivity contribution is -0.126. The number of carbonyl (C=O) groups is 1. The summed E-state index contributed by atoms with van der Waals surface area (Å²) >= 11 is 6.14. The standard InChI is InChI=1S/C16H20ClN3O5S/c1-2-26(22,23)20-5-3-4-11(9-20)16(21)19-18-8-12-6-14-15(7-13(12)17)25-10-24-14/h6-8,11H,2-5,9-10H2,1H3,(H,19,21)/b18-8-/t11-/m0/s1. The summed E-state index contributed by atoms with van der Waals surface area (Å²) in [4.78, 5) is 12.3. The molecule has 1 fully saturated rings. The maximum Gasteiger partial charge on any atom is 0.244 e. The van der Waals surface area contributed by atoms with Crippen LogP contribution in [0.1, 0.15) is 25.3 Å². The summed E-state index contributed by atoms with van der Waals surface area (Å²) in [6.45, 7) is 2.37. The Balaban J connectivity index is 1.61. The van der Waals surface area contributed by atoms with Crippen molar-refractivity contribution in [1.29, 1.82) is 0 Å². The van der Waals surface area contributed by atoms with Gasteiger partial charge in [-0.1, -0.05) is 11.6 Å². The van der Waals surface area contributed by atoms with E-state index in [1.807, 2.05) is 0 Å². The minimum atomic E-state index is -3.29. The molecule has 0 spiro atoms. The van der Waals surface area contributed by atoms with E-state index in [9.17, 15) is 13.2 Å². The van der Waals surface area contributed by atoms with Crippen molar-refractivity contribution in [3.63, 3.8) is 0 Å². The fraction of sp³-hybridized carbons (Fsp3) is 0.500. The fourth-order valence-electron chi connectivity index (χ4n) is 2.88. The third-order valence-electron chi connectivity index (χ3n) is 4.38. The van der Waals surface area contributed by atoms with Crippen LogP contribution in [-0.4, -0.2) is 50.5 Å². The largest absolute Gasteiger partial charge is 0.454 e. The van der Waals surface area contributed by atoms with E-state index >= 15 is 0 Å². The maximum atomic E-state index is 12.3. The molecular formula is C16H20ClN3O5S. The predicted molar refractivity (Wildman–Crippen MR) is 97.1 cm³/mol. The summed E-state index contributed by atoms with van der Waals surface area (Å²) in [5, 5.41) is 4.36. The second-order valence-electron chi connectivity index (χ2n) is 6.06. The molecule has 1 N–H and O–H groups in total. The highest BCUT2D eigenvalue weighted by molar-refractivity contribution is 7.89. The lowest BCUT2D eigenvalue weighted by Crippen LogP contribution is -2.45. The smallest absolute Gasteiger partial charge is 0.244 e. The lowest BCUT2D eigenvalue weighted by Gasteiger charge is -2.30. The van der Waals surface area contributed by atoms with Crippen LogP contribution in [0.15, 0.2) is 17.2 Å². The number of fused-ring (bicyclic) bond motifs is 1. The first-order chi connectivity index (χ1) is 12.4. The Morgan fingerprint density at radius 2 is 2.15 bits per heavy atom. The van der Waals surface area contributed by atoms with Gasteiger partial charge >= 0.3 is 0 Å². The van der Waals surface area contributed by atoms with Gasteiger partial charge in [-0.3, -0.25) is 4.79 Å². The number of nitrogens with one attached hydrogen (secondary N) is 1. The number of benzene rings is 1. The normalized spacial score (nSPS) is 20.5. The molecule has 1 aromatic carbocycles. The van der Waals surface area contributed by atoms with E-state index in [0.717, 1.165) is 0 Å². The van der Waals surface area contributed by atoms with Gasteiger partial charge in [0.2, 0.25) is 22.7 Å². The summed E-state index contributed by atoms with van der Waals surface area (Å²) in [6.07, 6.45) is 2.70.